The van der Waals surface area contributed by atoms with Gasteiger partial charge in [0.2, 0.25) is 0 Å². The monoisotopic (exact) mass is 368 g/mol. The van der Waals surface area contributed by atoms with Gasteiger partial charge in [0.1, 0.15) is 16.6 Å². The largest absolute Gasteiger partial charge is 0.360 e. The van der Waals surface area contributed by atoms with Crippen molar-refractivity contribution >= 4 is 22.8 Å². The van der Waals surface area contributed by atoms with Crippen molar-refractivity contribution in [2.24, 2.45) is 0 Å². The minimum Gasteiger partial charge on any atom is -0.360 e. The third kappa shape index (κ3) is 3.03. The molecule has 0 aliphatic heterocycles. The van der Waals surface area contributed by atoms with Crippen molar-refractivity contribution in [3.8, 4) is 11.4 Å². The topological polar surface area (TPSA) is 68.0 Å². The van der Waals surface area contributed by atoms with E-state index >= 15 is 0 Å². The zero-order chi connectivity index (χ0) is 18.1. The molecule has 26 heavy (non-hydrogen) atoms. The third-order valence-corrected chi connectivity index (χ3v) is 5.36. The molecule has 0 aliphatic rings. The van der Waals surface area contributed by atoms with E-state index in [4.69, 9.17) is 0 Å². The minimum atomic E-state index is -0.356. The van der Waals surface area contributed by atoms with Crippen molar-refractivity contribution in [2.45, 2.75) is 26.3 Å². The molecule has 0 saturated heterocycles. The Labute approximate surface area is 153 Å². The summed E-state index contributed by atoms with van der Waals surface area (Å²) >= 11 is 1.69. The predicted octanol–water partition coefficient (Wildman–Crippen LogP) is 4.12. The number of nitrogens with one attached hydrogen (secondary N) is 1. The summed E-state index contributed by atoms with van der Waals surface area (Å²) in [7, 11) is 0. The van der Waals surface area contributed by atoms with Gasteiger partial charge in [-0.05, 0) is 37.6 Å². The highest BCUT2D eigenvalue weighted by Crippen LogP contribution is 2.25. The smallest absolute Gasteiger partial charge is 0.188 e. The van der Waals surface area contributed by atoms with Gasteiger partial charge in [-0.25, -0.2) is 9.37 Å². The van der Waals surface area contributed by atoms with Gasteiger partial charge in [0.25, 0.3) is 0 Å². The lowest BCUT2D eigenvalue weighted by atomic mass is 10.2. The Morgan fingerprint density at radius 3 is 2.81 bits per heavy atom. The fraction of sp³-hybridized carbons (Fsp3) is 0.222. The maximum atomic E-state index is 14.1. The third-order valence-electron chi connectivity index (χ3n) is 4.03. The Kier molecular flexibility index (Phi) is 4.34. The average Bonchev–Trinajstić information content (AvgIpc) is 3.29. The second-order valence-electron chi connectivity index (χ2n) is 5.88. The molecule has 4 rings (SSSR count). The Morgan fingerprint density at radius 1 is 1.19 bits per heavy atom. The molecule has 1 aromatic carbocycles. The van der Waals surface area contributed by atoms with Gasteiger partial charge < -0.3 is 5.32 Å². The maximum absolute atomic E-state index is 14.1. The first-order valence-electron chi connectivity index (χ1n) is 8.34. The highest BCUT2D eigenvalue weighted by molar-refractivity contribution is 7.11. The molecular formula is C18H17FN6S. The summed E-state index contributed by atoms with van der Waals surface area (Å²) in [5.74, 6) is 0.665. The number of rotatable bonds is 5. The summed E-state index contributed by atoms with van der Waals surface area (Å²) < 4.78 is 15.7. The summed E-state index contributed by atoms with van der Waals surface area (Å²) in [4.78, 5) is 5.71. The van der Waals surface area contributed by atoms with E-state index in [0.29, 0.717) is 22.9 Å². The number of halogens is 1. The van der Waals surface area contributed by atoms with Crippen molar-refractivity contribution in [3.05, 3.63) is 58.3 Å². The first-order chi connectivity index (χ1) is 12.7. The molecule has 3 aromatic heterocycles. The Bertz CT molecular complexity index is 1060. The second kappa shape index (κ2) is 6.80. The van der Waals surface area contributed by atoms with Crippen molar-refractivity contribution in [3.63, 3.8) is 0 Å². The van der Waals surface area contributed by atoms with Crippen LogP contribution >= 0.6 is 11.3 Å². The summed E-state index contributed by atoms with van der Waals surface area (Å²) in [6.07, 6.45) is 2.88. The van der Waals surface area contributed by atoms with Crippen LogP contribution in [0.2, 0.25) is 0 Å². The van der Waals surface area contributed by atoms with Gasteiger partial charge in [-0.2, -0.15) is 4.52 Å². The van der Waals surface area contributed by atoms with Crippen molar-refractivity contribution in [1.82, 2.24) is 24.8 Å². The van der Waals surface area contributed by atoms with E-state index < -0.39 is 0 Å². The number of benzene rings is 1. The van der Waals surface area contributed by atoms with Crippen LogP contribution in [-0.4, -0.2) is 24.8 Å². The highest BCUT2D eigenvalue weighted by Gasteiger charge is 2.15. The van der Waals surface area contributed by atoms with E-state index in [1.54, 1.807) is 40.1 Å². The van der Waals surface area contributed by atoms with Crippen LogP contribution in [0, 0.1) is 5.82 Å². The fourth-order valence-corrected chi connectivity index (χ4v) is 3.51. The zero-order valence-electron chi connectivity index (χ0n) is 14.3. The lowest BCUT2D eigenvalue weighted by Crippen LogP contribution is -2.09. The van der Waals surface area contributed by atoms with Crippen LogP contribution < -0.4 is 5.32 Å². The maximum Gasteiger partial charge on any atom is 0.188 e. The fourth-order valence-electron chi connectivity index (χ4n) is 2.65. The molecule has 0 spiro atoms. The van der Waals surface area contributed by atoms with Gasteiger partial charge in [-0.3, -0.25) is 0 Å². The van der Waals surface area contributed by atoms with Crippen molar-refractivity contribution < 1.29 is 4.39 Å². The second-order valence-corrected chi connectivity index (χ2v) is 7.02. The molecule has 8 heteroatoms. The van der Waals surface area contributed by atoms with Crippen LogP contribution in [0.25, 0.3) is 17.0 Å². The quantitative estimate of drug-likeness (QED) is 0.574. The molecule has 4 aromatic rings. The zero-order valence-corrected chi connectivity index (χ0v) is 15.2. The minimum absolute atomic E-state index is 0.0126. The Balaban J connectivity index is 1.67. The summed E-state index contributed by atoms with van der Waals surface area (Å²) in [6.45, 7) is 4.15. The number of hydrogen-bond acceptors (Lipinski definition) is 6. The summed E-state index contributed by atoms with van der Waals surface area (Å²) in [6, 6.07) is 10.1. The molecule has 6 nitrogen and oxygen atoms in total. The van der Waals surface area contributed by atoms with Crippen LogP contribution in [-0.2, 0) is 6.42 Å². The van der Waals surface area contributed by atoms with Gasteiger partial charge in [0.15, 0.2) is 11.5 Å². The number of hydrogen-bond donors (Lipinski definition) is 1. The lowest BCUT2D eigenvalue weighted by molar-refractivity contribution is 0.629. The van der Waals surface area contributed by atoms with Crippen LogP contribution in [0.1, 0.15) is 29.8 Å². The van der Waals surface area contributed by atoms with Gasteiger partial charge >= 0.3 is 0 Å². The number of anilines is 1. The first kappa shape index (κ1) is 16.6. The SMILES string of the molecule is CCc1cnc(C(C)Nc2ccc3nnc(-c4ccccc4F)n3n2)s1. The first-order valence-corrected chi connectivity index (χ1v) is 9.16. The molecule has 0 fully saturated rings. The molecule has 0 saturated carbocycles. The molecule has 1 unspecified atom stereocenters. The molecule has 0 aliphatic carbocycles. The molecule has 0 amide bonds. The Morgan fingerprint density at radius 2 is 2.04 bits per heavy atom. The van der Waals surface area contributed by atoms with Gasteiger partial charge in [-0.1, -0.05) is 19.1 Å². The number of fused-ring (bicyclic) bond motifs is 1. The van der Waals surface area contributed by atoms with Crippen molar-refractivity contribution in [1.29, 1.82) is 0 Å². The summed E-state index contributed by atoms with van der Waals surface area (Å²) in [5.41, 5.74) is 0.925. The molecule has 3 heterocycles. The van der Waals surface area contributed by atoms with Gasteiger partial charge in [-0.15, -0.1) is 26.6 Å². The number of thiazole rings is 1. The number of aryl methyl sites for hydroxylation is 1. The average molecular weight is 368 g/mol. The van der Waals surface area contributed by atoms with Gasteiger partial charge in [0, 0.05) is 11.1 Å². The van der Waals surface area contributed by atoms with E-state index in [0.717, 1.165) is 11.4 Å². The van der Waals surface area contributed by atoms with Crippen molar-refractivity contribution in [2.75, 3.05) is 5.32 Å². The normalized spacial score (nSPS) is 12.4. The van der Waals surface area contributed by atoms with E-state index in [1.807, 2.05) is 19.2 Å². The number of nitrogens with zero attached hydrogens (tertiary/aromatic N) is 5. The molecule has 0 bridgehead atoms. The molecule has 1 atom stereocenters. The van der Waals surface area contributed by atoms with E-state index in [9.17, 15) is 4.39 Å². The summed E-state index contributed by atoms with van der Waals surface area (Å²) in [5, 5.41) is 17.0. The highest BCUT2D eigenvalue weighted by atomic mass is 32.1. The van der Waals surface area contributed by atoms with Crippen LogP contribution in [0.3, 0.4) is 0 Å². The van der Waals surface area contributed by atoms with Crippen LogP contribution in [0.4, 0.5) is 10.2 Å². The lowest BCUT2D eigenvalue weighted by Gasteiger charge is -2.12. The molecular weight excluding hydrogens is 351 g/mol. The standard InChI is InChI=1S/C18H17FN6S/c1-3-12-10-20-18(26-12)11(2)21-15-8-9-16-22-23-17(25(16)24-15)13-6-4-5-7-14(13)19/h4-11H,3H2,1-2H3,(H,21,24). The van der Waals surface area contributed by atoms with E-state index in [-0.39, 0.29) is 11.9 Å². The number of aromatic nitrogens is 5. The van der Waals surface area contributed by atoms with E-state index in [2.05, 4.69) is 32.5 Å². The van der Waals surface area contributed by atoms with Crippen LogP contribution in [0.5, 0.6) is 0 Å². The van der Waals surface area contributed by atoms with Crippen LogP contribution in [0.15, 0.2) is 42.6 Å². The van der Waals surface area contributed by atoms with Gasteiger partial charge in [0.05, 0.1) is 11.6 Å². The molecule has 132 valence electrons. The van der Waals surface area contributed by atoms with E-state index in [1.165, 1.54) is 10.9 Å². The predicted molar refractivity (Wildman–Crippen MR) is 99.7 cm³/mol. The molecule has 1 N–H and O–H groups in total. The Hall–Kier alpha value is -2.87. The molecule has 0 radical (unpaired) electrons.